The molecule has 1 heterocycles. The molecule has 0 aliphatic heterocycles. The van der Waals surface area contributed by atoms with Crippen molar-refractivity contribution in [1.29, 1.82) is 0 Å². The van der Waals surface area contributed by atoms with Crippen molar-refractivity contribution in [1.82, 2.24) is 5.16 Å². The van der Waals surface area contributed by atoms with E-state index in [0.29, 0.717) is 22.6 Å². The Morgan fingerprint density at radius 3 is 2.16 bits per heavy atom. The Hall–Kier alpha value is -3.93. The van der Waals surface area contributed by atoms with Gasteiger partial charge in [0.15, 0.2) is 0 Å². The molecule has 4 rings (SSSR count). The van der Waals surface area contributed by atoms with Crippen LogP contribution in [0.2, 0.25) is 0 Å². The van der Waals surface area contributed by atoms with Gasteiger partial charge in [-0.25, -0.2) is 0 Å². The first-order chi connectivity index (χ1) is 15.3. The van der Waals surface area contributed by atoms with Crippen LogP contribution in [0.5, 0.6) is 0 Å². The maximum absolute atomic E-state index is 12.6. The molecule has 0 radical (unpaired) electrons. The van der Waals surface area contributed by atoms with Gasteiger partial charge in [0.05, 0.1) is 12.1 Å². The highest BCUT2D eigenvalue weighted by Gasteiger charge is 2.20. The van der Waals surface area contributed by atoms with Gasteiger partial charge in [-0.1, -0.05) is 56.3 Å². The molecular weight excluding hydrogens is 402 g/mol. The predicted molar refractivity (Wildman–Crippen MR) is 126 cm³/mol. The second-order valence-corrected chi connectivity index (χ2v) is 8.75. The van der Waals surface area contributed by atoms with E-state index in [1.54, 1.807) is 30.3 Å². The van der Waals surface area contributed by atoms with E-state index >= 15 is 0 Å². The average Bonchev–Trinajstić information content (AvgIpc) is 3.23. The number of hydrogen-bond acceptors (Lipinski definition) is 4. The fourth-order valence-electron chi connectivity index (χ4n) is 3.29. The van der Waals surface area contributed by atoms with E-state index < -0.39 is 0 Å². The molecule has 0 saturated heterocycles. The number of hydrogen-bond donors (Lipinski definition) is 2. The van der Waals surface area contributed by atoms with E-state index in [1.807, 2.05) is 63.2 Å². The minimum absolute atomic E-state index is 0.125. The van der Waals surface area contributed by atoms with Gasteiger partial charge in [-0.2, -0.15) is 0 Å². The topological polar surface area (TPSA) is 84.2 Å². The molecular formula is C26H25N3O3. The number of aromatic nitrogens is 1. The van der Waals surface area contributed by atoms with Crippen LogP contribution in [-0.2, 0) is 16.6 Å². The zero-order valence-corrected chi connectivity index (χ0v) is 18.3. The van der Waals surface area contributed by atoms with Crippen molar-refractivity contribution in [2.45, 2.75) is 32.6 Å². The van der Waals surface area contributed by atoms with E-state index in [0.717, 1.165) is 16.5 Å². The van der Waals surface area contributed by atoms with Gasteiger partial charge in [-0.05, 0) is 47.2 Å². The van der Waals surface area contributed by atoms with Crippen molar-refractivity contribution in [3.05, 3.63) is 89.8 Å². The second kappa shape index (κ2) is 8.67. The van der Waals surface area contributed by atoms with Crippen LogP contribution in [0, 0.1) is 0 Å². The number of amides is 2. The van der Waals surface area contributed by atoms with Gasteiger partial charge >= 0.3 is 0 Å². The number of carbonyl (C=O) groups is 2. The maximum atomic E-state index is 12.6. The summed E-state index contributed by atoms with van der Waals surface area (Å²) >= 11 is 0. The average molecular weight is 428 g/mol. The van der Waals surface area contributed by atoms with Gasteiger partial charge in [0, 0.05) is 28.4 Å². The lowest BCUT2D eigenvalue weighted by Crippen LogP contribution is -2.15. The van der Waals surface area contributed by atoms with Crippen molar-refractivity contribution in [3.63, 3.8) is 0 Å². The first kappa shape index (κ1) is 21.3. The van der Waals surface area contributed by atoms with Crippen LogP contribution >= 0.6 is 0 Å². The first-order valence-corrected chi connectivity index (χ1v) is 10.4. The molecule has 6 heteroatoms. The third-order valence-corrected chi connectivity index (χ3v) is 5.08. The van der Waals surface area contributed by atoms with Crippen LogP contribution in [0.25, 0.3) is 10.8 Å². The number of benzene rings is 3. The summed E-state index contributed by atoms with van der Waals surface area (Å²) in [4.78, 5) is 24.9. The number of nitrogens with one attached hydrogen (secondary N) is 2. The Morgan fingerprint density at radius 1 is 0.844 bits per heavy atom. The fraction of sp³-hybridized carbons (Fsp3) is 0.192. The Balaban J connectivity index is 1.35. The summed E-state index contributed by atoms with van der Waals surface area (Å²) in [6.45, 7) is 6.08. The fourth-order valence-corrected chi connectivity index (χ4v) is 3.29. The molecule has 0 aliphatic carbocycles. The smallest absolute Gasteiger partial charge is 0.255 e. The Morgan fingerprint density at radius 2 is 1.50 bits per heavy atom. The van der Waals surface area contributed by atoms with E-state index in [4.69, 9.17) is 4.52 Å². The SMILES string of the molecule is CC(C)(C)c1cc(CC(=O)Nc2ccc(NC(=O)c3ccc4ccccc4c3)cc2)no1. The number of carbonyl (C=O) groups excluding carboxylic acids is 2. The quantitative estimate of drug-likeness (QED) is 0.437. The number of anilines is 2. The molecule has 3 aromatic carbocycles. The maximum Gasteiger partial charge on any atom is 0.255 e. The zero-order chi connectivity index (χ0) is 22.7. The molecule has 32 heavy (non-hydrogen) atoms. The van der Waals surface area contributed by atoms with Crippen LogP contribution in [0.4, 0.5) is 11.4 Å². The van der Waals surface area contributed by atoms with Gasteiger partial charge in [0.25, 0.3) is 5.91 Å². The number of nitrogens with zero attached hydrogens (tertiary/aromatic N) is 1. The molecule has 162 valence electrons. The highest BCUT2D eigenvalue weighted by molar-refractivity contribution is 6.06. The van der Waals surface area contributed by atoms with Crippen LogP contribution < -0.4 is 10.6 Å². The van der Waals surface area contributed by atoms with E-state index in [-0.39, 0.29) is 23.7 Å². The van der Waals surface area contributed by atoms with Crippen molar-refractivity contribution in [2.75, 3.05) is 10.6 Å². The molecule has 2 N–H and O–H groups in total. The lowest BCUT2D eigenvalue weighted by atomic mass is 9.93. The Labute approximate surface area is 186 Å². The highest BCUT2D eigenvalue weighted by Crippen LogP contribution is 2.23. The monoisotopic (exact) mass is 427 g/mol. The van der Waals surface area contributed by atoms with Gasteiger partial charge in [0.1, 0.15) is 5.76 Å². The Kier molecular flexibility index (Phi) is 5.77. The second-order valence-electron chi connectivity index (χ2n) is 8.75. The van der Waals surface area contributed by atoms with Gasteiger partial charge in [-0.3, -0.25) is 9.59 Å². The first-order valence-electron chi connectivity index (χ1n) is 10.4. The number of rotatable bonds is 5. The van der Waals surface area contributed by atoms with Crippen molar-refractivity contribution in [2.24, 2.45) is 0 Å². The largest absolute Gasteiger partial charge is 0.361 e. The summed E-state index contributed by atoms with van der Waals surface area (Å²) in [6, 6.07) is 22.3. The minimum Gasteiger partial charge on any atom is -0.361 e. The van der Waals surface area contributed by atoms with Crippen molar-refractivity contribution in [3.8, 4) is 0 Å². The molecule has 1 aromatic heterocycles. The standard InChI is InChI=1S/C26H25N3O3/c1-26(2,3)23-15-22(29-32-23)16-24(30)27-20-10-12-21(13-11-20)28-25(31)19-9-8-17-6-4-5-7-18(17)14-19/h4-15H,16H2,1-3H3,(H,27,30)(H,28,31). The molecule has 0 fully saturated rings. The molecule has 0 atom stereocenters. The summed E-state index contributed by atoms with van der Waals surface area (Å²) in [6.07, 6.45) is 0.125. The van der Waals surface area contributed by atoms with Crippen molar-refractivity contribution >= 4 is 34.0 Å². The molecule has 6 nitrogen and oxygen atoms in total. The lowest BCUT2D eigenvalue weighted by Gasteiger charge is -2.12. The summed E-state index contributed by atoms with van der Waals surface area (Å²) in [5.74, 6) is 0.367. The summed E-state index contributed by atoms with van der Waals surface area (Å²) < 4.78 is 5.32. The van der Waals surface area contributed by atoms with Gasteiger partial charge in [0.2, 0.25) is 5.91 Å². The Bertz CT molecular complexity index is 1270. The predicted octanol–water partition coefficient (Wildman–Crippen LogP) is 5.56. The van der Waals surface area contributed by atoms with Crippen LogP contribution in [-0.4, -0.2) is 17.0 Å². The van der Waals surface area contributed by atoms with E-state index in [9.17, 15) is 9.59 Å². The van der Waals surface area contributed by atoms with Crippen LogP contribution in [0.3, 0.4) is 0 Å². The summed E-state index contributed by atoms with van der Waals surface area (Å²) in [7, 11) is 0. The highest BCUT2D eigenvalue weighted by atomic mass is 16.5. The normalized spacial score (nSPS) is 11.3. The summed E-state index contributed by atoms with van der Waals surface area (Å²) in [5.41, 5.74) is 2.30. The van der Waals surface area contributed by atoms with E-state index in [1.165, 1.54) is 0 Å². The zero-order valence-electron chi connectivity index (χ0n) is 18.3. The van der Waals surface area contributed by atoms with Crippen LogP contribution in [0.1, 0.15) is 42.6 Å². The molecule has 0 aliphatic rings. The molecule has 0 spiro atoms. The minimum atomic E-state index is -0.188. The molecule has 2 amide bonds. The van der Waals surface area contributed by atoms with E-state index in [2.05, 4.69) is 15.8 Å². The molecule has 0 saturated carbocycles. The summed E-state index contributed by atoms with van der Waals surface area (Å²) in [5, 5.41) is 11.8. The van der Waals surface area contributed by atoms with Gasteiger partial charge in [-0.15, -0.1) is 0 Å². The third kappa shape index (κ3) is 5.03. The van der Waals surface area contributed by atoms with Crippen LogP contribution in [0.15, 0.2) is 77.3 Å². The molecule has 0 unspecified atom stereocenters. The lowest BCUT2D eigenvalue weighted by molar-refractivity contribution is -0.115. The molecule has 4 aromatic rings. The number of fused-ring (bicyclic) bond motifs is 1. The van der Waals surface area contributed by atoms with Gasteiger partial charge < -0.3 is 15.2 Å². The third-order valence-electron chi connectivity index (χ3n) is 5.08. The van der Waals surface area contributed by atoms with Crippen molar-refractivity contribution < 1.29 is 14.1 Å². The molecule has 0 bridgehead atoms.